The summed E-state index contributed by atoms with van der Waals surface area (Å²) in [4.78, 5) is 1.36. The molecule has 2 rings (SSSR count). The highest BCUT2D eigenvalue weighted by atomic mass is 32.1. The summed E-state index contributed by atoms with van der Waals surface area (Å²) in [6, 6.07) is 6.27. The summed E-state index contributed by atoms with van der Waals surface area (Å²) >= 11 is 1.82. The standard InChI is InChI=1S/C14H18O2S/c1-14(2,3)12-8-9-11(17-12)7-6-10(15-4)13(9)16-5/h6-8H,1-5H3. The van der Waals surface area contributed by atoms with Gasteiger partial charge in [0.1, 0.15) is 0 Å². The Hall–Kier alpha value is -1.22. The largest absolute Gasteiger partial charge is 0.493 e. The van der Waals surface area contributed by atoms with E-state index >= 15 is 0 Å². The van der Waals surface area contributed by atoms with Gasteiger partial charge in [-0.2, -0.15) is 0 Å². The van der Waals surface area contributed by atoms with E-state index in [0.717, 1.165) is 16.9 Å². The zero-order valence-corrected chi connectivity index (χ0v) is 11.8. The summed E-state index contributed by atoms with van der Waals surface area (Å²) in [5, 5.41) is 1.14. The molecule has 0 aliphatic carbocycles. The molecule has 2 aromatic rings. The normalized spacial score (nSPS) is 11.8. The van der Waals surface area contributed by atoms with E-state index in [-0.39, 0.29) is 5.41 Å². The highest BCUT2D eigenvalue weighted by Gasteiger charge is 2.19. The number of hydrogen-bond donors (Lipinski definition) is 0. The van der Waals surface area contributed by atoms with E-state index in [4.69, 9.17) is 9.47 Å². The van der Waals surface area contributed by atoms with Crippen LogP contribution in [0.15, 0.2) is 18.2 Å². The molecule has 0 bridgehead atoms. The minimum absolute atomic E-state index is 0.169. The maximum Gasteiger partial charge on any atom is 0.169 e. The van der Waals surface area contributed by atoms with Crippen LogP contribution in [-0.4, -0.2) is 14.2 Å². The van der Waals surface area contributed by atoms with Crippen molar-refractivity contribution in [3.05, 3.63) is 23.1 Å². The Morgan fingerprint density at radius 3 is 2.29 bits per heavy atom. The second kappa shape index (κ2) is 4.22. The summed E-state index contributed by atoms with van der Waals surface area (Å²) in [6.45, 7) is 6.67. The van der Waals surface area contributed by atoms with Crippen molar-refractivity contribution >= 4 is 21.4 Å². The Morgan fingerprint density at radius 1 is 1.06 bits per heavy atom. The zero-order chi connectivity index (χ0) is 12.6. The molecule has 0 fully saturated rings. The third-order valence-corrected chi connectivity index (χ3v) is 4.30. The fourth-order valence-corrected chi connectivity index (χ4v) is 2.92. The number of benzene rings is 1. The fourth-order valence-electron chi connectivity index (χ4n) is 1.81. The quantitative estimate of drug-likeness (QED) is 0.794. The first-order chi connectivity index (χ1) is 7.97. The Bertz CT molecular complexity index is 535. The van der Waals surface area contributed by atoms with Gasteiger partial charge in [0.25, 0.3) is 0 Å². The van der Waals surface area contributed by atoms with Crippen molar-refractivity contribution in [2.45, 2.75) is 26.2 Å². The molecule has 0 unspecified atom stereocenters. The van der Waals surface area contributed by atoms with Gasteiger partial charge in [0.15, 0.2) is 11.5 Å². The van der Waals surface area contributed by atoms with Crippen molar-refractivity contribution in [1.29, 1.82) is 0 Å². The van der Waals surface area contributed by atoms with Crippen LogP contribution in [0.5, 0.6) is 11.5 Å². The van der Waals surface area contributed by atoms with Gasteiger partial charge in [-0.05, 0) is 23.6 Å². The van der Waals surface area contributed by atoms with E-state index in [1.807, 2.05) is 17.4 Å². The lowest BCUT2D eigenvalue weighted by atomic mass is 9.94. The molecule has 92 valence electrons. The molecular formula is C14H18O2S. The lowest BCUT2D eigenvalue weighted by Gasteiger charge is -2.15. The monoisotopic (exact) mass is 250 g/mol. The van der Waals surface area contributed by atoms with Gasteiger partial charge in [0.2, 0.25) is 0 Å². The molecule has 0 atom stereocenters. The smallest absolute Gasteiger partial charge is 0.169 e. The first-order valence-electron chi connectivity index (χ1n) is 5.62. The van der Waals surface area contributed by atoms with Gasteiger partial charge in [0, 0.05) is 15.0 Å². The third-order valence-electron chi connectivity index (χ3n) is 2.78. The van der Waals surface area contributed by atoms with Crippen molar-refractivity contribution in [2.75, 3.05) is 14.2 Å². The second-order valence-electron chi connectivity index (χ2n) is 5.07. The van der Waals surface area contributed by atoms with E-state index < -0.39 is 0 Å². The molecule has 1 aromatic heterocycles. The van der Waals surface area contributed by atoms with Crippen LogP contribution in [0.3, 0.4) is 0 Å². The van der Waals surface area contributed by atoms with Crippen molar-refractivity contribution < 1.29 is 9.47 Å². The van der Waals surface area contributed by atoms with Gasteiger partial charge in [-0.15, -0.1) is 11.3 Å². The number of thiophene rings is 1. The first kappa shape index (κ1) is 12.2. The SMILES string of the molecule is COc1ccc2sc(C(C)(C)C)cc2c1OC. The van der Waals surface area contributed by atoms with Gasteiger partial charge in [0.05, 0.1) is 14.2 Å². The Morgan fingerprint density at radius 2 is 1.76 bits per heavy atom. The van der Waals surface area contributed by atoms with Crippen LogP contribution in [0.4, 0.5) is 0 Å². The molecule has 0 spiro atoms. The van der Waals surface area contributed by atoms with Crippen molar-refractivity contribution in [1.82, 2.24) is 0 Å². The number of fused-ring (bicyclic) bond motifs is 1. The molecule has 0 N–H and O–H groups in total. The predicted octanol–water partition coefficient (Wildman–Crippen LogP) is 4.22. The number of ether oxygens (including phenoxy) is 2. The highest BCUT2D eigenvalue weighted by Crippen LogP contribution is 2.42. The van der Waals surface area contributed by atoms with Crippen LogP contribution in [0.1, 0.15) is 25.6 Å². The van der Waals surface area contributed by atoms with Crippen LogP contribution in [0, 0.1) is 0 Å². The summed E-state index contributed by atoms with van der Waals surface area (Å²) in [7, 11) is 3.35. The van der Waals surface area contributed by atoms with E-state index in [9.17, 15) is 0 Å². The van der Waals surface area contributed by atoms with Crippen LogP contribution in [0.2, 0.25) is 0 Å². The summed E-state index contributed by atoms with van der Waals surface area (Å²) < 4.78 is 12.0. The minimum atomic E-state index is 0.169. The Kier molecular flexibility index (Phi) is 3.04. The van der Waals surface area contributed by atoms with Crippen molar-refractivity contribution in [3.8, 4) is 11.5 Å². The number of methoxy groups -OCH3 is 2. The molecule has 0 amide bonds. The number of rotatable bonds is 2. The number of hydrogen-bond acceptors (Lipinski definition) is 3. The average Bonchev–Trinajstić information content (AvgIpc) is 2.70. The van der Waals surface area contributed by atoms with Gasteiger partial charge < -0.3 is 9.47 Å². The minimum Gasteiger partial charge on any atom is -0.493 e. The molecule has 0 aliphatic rings. The van der Waals surface area contributed by atoms with E-state index in [1.54, 1.807) is 14.2 Å². The van der Waals surface area contributed by atoms with Crippen molar-refractivity contribution in [3.63, 3.8) is 0 Å². The van der Waals surface area contributed by atoms with Crippen LogP contribution in [0.25, 0.3) is 10.1 Å². The molecule has 1 aromatic carbocycles. The van der Waals surface area contributed by atoms with Gasteiger partial charge in [-0.3, -0.25) is 0 Å². The molecule has 0 radical (unpaired) electrons. The van der Waals surface area contributed by atoms with Crippen LogP contribution < -0.4 is 9.47 Å². The molecule has 17 heavy (non-hydrogen) atoms. The molecule has 0 saturated heterocycles. The van der Waals surface area contributed by atoms with Gasteiger partial charge in [-0.25, -0.2) is 0 Å². The Labute approximate surface area is 106 Å². The lowest BCUT2D eigenvalue weighted by Crippen LogP contribution is -2.07. The lowest BCUT2D eigenvalue weighted by molar-refractivity contribution is 0.358. The van der Waals surface area contributed by atoms with E-state index in [1.165, 1.54) is 9.58 Å². The fraction of sp³-hybridized carbons (Fsp3) is 0.429. The summed E-state index contributed by atoms with van der Waals surface area (Å²) in [5.74, 6) is 1.62. The van der Waals surface area contributed by atoms with Crippen LogP contribution in [-0.2, 0) is 5.41 Å². The predicted molar refractivity (Wildman–Crippen MR) is 73.6 cm³/mol. The topological polar surface area (TPSA) is 18.5 Å². The third kappa shape index (κ3) is 2.12. The summed E-state index contributed by atoms with van der Waals surface area (Å²) in [6.07, 6.45) is 0. The Balaban J connectivity index is 2.69. The summed E-state index contributed by atoms with van der Waals surface area (Å²) in [5.41, 5.74) is 0.169. The second-order valence-corrected chi connectivity index (χ2v) is 6.16. The molecule has 2 nitrogen and oxygen atoms in total. The van der Waals surface area contributed by atoms with Gasteiger partial charge in [-0.1, -0.05) is 20.8 Å². The maximum absolute atomic E-state index is 5.46. The molecular weight excluding hydrogens is 232 g/mol. The van der Waals surface area contributed by atoms with E-state index in [0.29, 0.717) is 0 Å². The zero-order valence-electron chi connectivity index (χ0n) is 11.0. The molecule has 3 heteroatoms. The maximum atomic E-state index is 5.46. The average molecular weight is 250 g/mol. The van der Waals surface area contributed by atoms with Crippen LogP contribution >= 0.6 is 11.3 Å². The first-order valence-corrected chi connectivity index (χ1v) is 6.44. The van der Waals surface area contributed by atoms with Crippen molar-refractivity contribution in [2.24, 2.45) is 0 Å². The molecule has 1 heterocycles. The molecule has 0 aliphatic heterocycles. The van der Waals surface area contributed by atoms with E-state index in [2.05, 4.69) is 32.9 Å². The highest BCUT2D eigenvalue weighted by molar-refractivity contribution is 7.19. The molecule has 0 saturated carbocycles. The van der Waals surface area contributed by atoms with Gasteiger partial charge >= 0.3 is 0 Å².